The molecule has 0 bridgehead atoms. The number of hydrogen-bond donors (Lipinski definition) is 1. The molecule has 0 aliphatic carbocycles. The lowest BCUT2D eigenvalue weighted by atomic mass is 10.0. The maximum absolute atomic E-state index is 12.1. The summed E-state index contributed by atoms with van der Waals surface area (Å²) in [6.07, 6.45) is 2.39. The first-order valence-corrected chi connectivity index (χ1v) is 6.87. The van der Waals surface area contributed by atoms with Crippen molar-refractivity contribution in [1.29, 1.82) is 0 Å². The topological polar surface area (TPSA) is 35.6 Å². The van der Waals surface area contributed by atoms with E-state index in [1.54, 1.807) is 0 Å². The molecule has 2 aliphatic heterocycles. The summed E-state index contributed by atoms with van der Waals surface area (Å²) < 4.78 is 0. The lowest BCUT2D eigenvalue weighted by Crippen LogP contribution is -2.60. The van der Waals surface area contributed by atoms with Gasteiger partial charge in [0.15, 0.2) is 0 Å². The number of piperazine rings is 1. The third-order valence-electron chi connectivity index (χ3n) is 4.06. The predicted octanol–water partition coefficient (Wildman–Crippen LogP) is 0.679. The van der Waals surface area contributed by atoms with Crippen LogP contribution in [-0.4, -0.2) is 60.0 Å². The van der Waals surface area contributed by atoms with E-state index in [2.05, 4.69) is 29.0 Å². The predicted molar refractivity (Wildman–Crippen MR) is 68.9 cm³/mol. The number of amides is 1. The van der Waals surface area contributed by atoms with E-state index >= 15 is 0 Å². The van der Waals surface area contributed by atoms with Crippen molar-refractivity contribution in [3.05, 3.63) is 0 Å². The molecule has 4 heteroatoms. The molecule has 2 fully saturated rings. The van der Waals surface area contributed by atoms with Crippen molar-refractivity contribution in [1.82, 2.24) is 15.1 Å². The highest BCUT2D eigenvalue weighted by atomic mass is 16.2. The summed E-state index contributed by atoms with van der Waals surface area (Å²) in [5.74, 6) is 0.284. The molecule has 2 unspecified atom stereocenters. The number of carbonyl (C=O) groups is 1. The lowest BCUT2D eigenvalue weighted by Gasteiger charge is -2.43. The van der Waals surface area contributed by atoms with E-state index in [0.717, 1.165) is 19.6 Å². The molecule has 0 saturated carbocycles. The van der Waals surface area contributed by atoms with E-state index in [4.69, 9.17) is 0 Å². The zero-order valence-electron chi connectivity index (χ0n) is 11.3. The fourth-order valence-electron chi connectivity index (χ4n) is 2.92. The van der Waals surface area contributed by atoms with Crippen molar-refractivity contribution in [3.8, 4) is 0 Å². The fraction of sp³-hybridized carbons (Fsp3) is 0.923. The normalized spacial score (nSPS) is 32.2. The van der Waals surface area contributed by atoms with Gasteiger partial charge in [0.2, 0.25) is 5.91 Å². The third-order valence-corrected chi connectivity index (χ3v) is 4.06. The summed E-state index contributed by atoms with van der Waals surface area (Å²) in [6, 6.07) is 1.02. The Bertz CT molecular complexity index is 280. The number of nitrogens with zero attached hydrogens (tertiary/aromatic N) is 2. The highest BCUT2D eigenvalue weighted by Gasteiger charge is 2.33. The van der Waals surface area contributed by atoms with Crippen LogP contribution < -0.4 is 5.32 Å². The summed E-state index contributed by atoms with van der Waals surface area (Å²) in [7, 11) is 0. The molecule has 0 aromatic rings. The number of likely N-dealkylation sites (tertiary alicyclic amines) is 1. The lowest BCUT2D eigenvalue weighted by molar-refractivity contribution is -0.139. The van der Waals surface area contributed by atoms with Gasteiger partial charge >= 0.3 is 0 Å². The molecular formula is C13H25N3O. The largest absolute Gasteiger partial charge is 0.336 e. The van der Waals surface area contributed by atoms with Gasteiger partial charge in [-0.05, 0) is 40.2 Å². The van der Waals surface area contributed by atoms with E-state index in [1.807, 2.05) is 6.92 Å². The Morgan fingerprint density at radius 1 is 1.35 bits per heavy atom. The average molecular weight is 239 g/mol. The van der Waals surface area contributed by atoms with Crippen molar-refractivity contribution >= 4 is 5.91 Å². The minimum Gasteiger partial charge on any atom is -0.336 e. The zero-order valence-corrected chi connectivity index (χ0v) is 11.3. The minimum absolute atomic E-state index is 0.00169. The van der Waals surface area contributed by atoms with Crippen LogP contribution in [0.4, 0.5) is 0 Å². The van der Waals surface area contributed by atoms with Crippen molar-refractivity contribution in [2.75, 3.05) is 26.2 Å². The number of rotatable bonds is 2. The van der Waals surface area contributed by atoms with Crippen LogP contribution in [0.1, 0.15) is 33.6 Å². The van der Waals surface area contributed by atoms with Crippen LogP contribution >= 0.6 is 0 Å². The first kappa shape index (κ1) is 12.8. The van der Waals surface area contributed by atoms with Gasteiger partial charge in [0.1, 0.15) is 0 Å². The van der Waals surface area contributed by atoms with Gasteiger partial charge in [-0.2, -0.15) is 0 Å². The van der Waals surface area contributed by atoms with Crippen molar-refractivity contribution < 1.29 is 4.79 Å². The molecule has 2 saturated heterocycles. The highest BCUT2D eigenvalue weighted by Crippen LogP contribution is 2.19. The summed E-state index contributed by atoms with van der Waals surface area (Å²) >= 11 is 0. The second-order valence-electron chi connectivity index (χ2n) is 5.59. The summed E-state index contributed by atoms with van der Waals surface area (Å²) in [4.78, 5) is 16.7. The molecule has 2 rings (SSSR count). The summed E-state index contributed by atoms with van der Waals surface area (Å²) in [6.45, 7) is 10.5. The SMILES string of the molecule is CC1NCCN(C2CCCN(C(C)C)C2)C1=O. The van der Waals surface area contributed by atoms with Gasteiger partial charge in [-0.25, -0.2) is 0 Å². The highest BCUT2D eigenvalue weighted by molar-refractivity contribution is 5.82. The quantitative estimate of drug-likeness (QED) is 0.770. The third kappa shape index (κ3) is 2.80. The molecule has 1 amide bonds. The smallest absolute Gasteiger partial charge is 0.239 e. The average Bonchev–Trinajstić information content (AvgIpc) is 2.33. The van der Waals surface area contributed by atoms with Crippen LogP contribution in [0.15, 0.2) is 0 Å². The molecule has 98 valence electrons. The molecule has 2 aliphatic rings. The molecule has 1 N–H and O–H groups in total. The second kappa shape index (κ2) is 5.36. The molecule has 0 aromatic heterocycles. The number of hydrogen-bond acceptors (Lipinski definition) is 3. The van der Waals surface area contributed by atoms with Crippen molar-refractivity contribution in [2.45, 2.75) is 51.7 Å². The monoisotopic (exact) mass is 239 g/mol. The minimum atomic E-state index is -0.00169. The van der Waals surface area contributed by atoms with Crippen molar-refractivity contribution in [3.63, 3.8) is 0 Å². The zero-order chi connectivity index (χ0) is 12.4. The van der Waals surface area contributed by atoms with Crippen molar-refractivity contribution in [2.24, 2.45) is 0 Å². The molecule has 17 heavy (non-hydrogen) atoms. The maximum atomic E-state index is 12.1. The summed E-state index contributed by atoms with van der Waals surface area (Å²) in [5.41, 5.74) is 0. The molecule has 0 spiro atoms. The Balaban J connectivity index is 1.99. The van der Waals surface area contributed by atoms with E-state index in [-0.39, 0.29) is 11.9 Å². The first-order chi connectivity index (χ1) is 8.09. The molecule has 4 nitrogen and oxygen atoms in total. The Hall–Kier alpha value is -0.610. The fourth-order valence-corrected chi connectivity index (χ4v) is 2.92. The van der Waals surface area contributed by atoms with Gasteiger partial charge < -0.3 is 10.2 Å². The Labute approximate surface area is 104 Å². The van der Waals surface area contributed by atoms with E-state index in [0.29, 0.717) is 12.1 Å². The Kier molecular flexibility index (Phi) is 4.05. The Morgan fingerprint density at radius 3 is 2.82 bits per heavy atom. The van der Waals surface area contributed by atoms with Gasteiger partial charge in [-0.15, -0.1) is 0 Å². The number of piperidine rings is 1. The van der Waals surface area contributed by atoms with Crippen LogP contribution in [0, 0.1) is 0 Å². The van der Waals surface area contributed by atoms with Crippen LogP contribution in [0.2, 0.25) is 0 Å². The molecular weight excluding hydrogens is 214 g/mol. The standard InChI is InChI=1S/C13H25N3O/c1-10(2)15-7-4-5-12(9-15)16-8-6-14-11(3)13(16)17/h10-12,14H,4-9H2,1-3H3. The van der Waals surface area contributed by atoms with Crippen LogP contribution in [0.3, 0.4) is 0 Å². The molecule has 0 aromatic carbocycles. The van der Waals surface area contributed by atoms with Gasteiger partial charge in [-0.1, -0.05) is 0 Å². The van der Waals surface area contributed by atoms with E-state index in [1.165, 1.54) is 19.4 Å². The van der Waals surface area contributed by atoms with Gasteiger partial charge in [0.05, 0.1) is 6.04 Å². The van der Waals surface area contributed by atoms with Gasteiger partial charge in [0, 0.05) is 31.7 Å². The Morgan fingerprint density at radius 2 is 2.12 bits per heavy atom. The van der Waals surface area contributed by atoms with Crippen LogP contribution in [0.25, 0.3) is 0 Å². The second-order valence-corrected chi connectivity index (χ2v) is 5.59. The summed E-state index contributed by atoms with van der Waals surface area (Å²) in [5, 5.41) is 3.23. The van der Waals surface area contributed by atoms with Crippen LogP contribution in [0.5, 0.6) is 0 Å². The maximum Gasteiger partial charge on any atom is 0.239 e. The molecule has 0 radical (unpaired) electrons. The van der Waals surface area contributed by atoms with E-state index < -0.39 is 0 Å². The van der Waals surface area contributed by atoms with Gasteiger partial charge in [0.25, 0.3) is 0 Å². The van der Waals surface area contributed by atoms with E-state index in [9.17, 15) is 4.79 Å². The van der Waals surface area contributed by atoms with Gasteiger partial charge in [-0.3, -0.25) is 9.69 Å². The molecule has 2 atom stereocenters. The first-order valence-electron chi connectivity index (χ1n) is 6.87. The number of carbonyl (C=O) groups excluding carboxylic acids is 1. The number of nitrogens with one attached hydrogen (secondary N) is 1. The van der Waals surface area contributed by atoms with Crippen LogP contribution in [-0.2, 0) is 4.79 Å². The molecule has 2 heterocycles.